The molecule has 5 nitrogen and oxygen atoms in total. The fourth-order valence-corrected chi connectivity index (χ4v) is 2.52. The molecule has 1 aliphatic rings. The molecule has 2 aromatic rings. The average Bonchev–Trinajstić information content (AvgIpc) is 2.47. The molecule has 0 saturated carbocycles. The number of nitro groups is 1. The van der Waals surface area contributed by atoms with Gasteiger partial charge in [-0.05, 0) is 17.7 Å². The number of para-hydroxylation sites is 1. The first-order valence-corrected chi connectivity index (χ1v) is 6.26. The van der Waals surface area contributed by atoms with Crippen molar-refractivity contribution in [3.05, 3.63) is 75.8 Å². The highest BCUT2D eigenvalue weighted by molar-refractivity contribution is 6.06. The highest BCUT2D eigenvalue weighted by Gasteiger charge is 2.44. The molecule has 0 fully saturated rings. The van der Waals surface area contributed by atoms with Gasteiger partial charge in [-0.15, -0.1) is 0 Å². The molecule has 1 aliphatic heterocycles. The molecule has 1 N–H and O–H groups in total. The van der Waals surface area contributed by atoms with E-state index < -0.39 is 22.8 Å². The third-order valence-corrected chi connectivity index (χ3v) is 3.47. The Morgan fingerprint density at radius 1 is 1.00 bits per heavy atom. The van der Waals surface area contributed by atoms with E-state index in [2.05, 4.69) is 5.32 Å². The van der Waals surface area contributed by atoms with Crippen LogP contribution in [0.4, 0.5) is 5.69 Å². The molecule has 2 atom stereocenters. The first-order valence-electron chi connectivity index (χ1n) is 6.26. The Kier molecular flexibility index (Phi) is 2.95. The van der Waals surface area contributed by atoms with Gasteiger partial charge in [-0.25, -0.2) is 0 Å². The molecule has 3 rings (SSSR count). The van der Waals surface area contributed by atoms with Crippen molar-refractivity contribution in [3.8, 4) is 0 Å². The second kappa shape index (κ2) is 4.77. The van der Waals surface area contributed by atoms with E-state index in [1.54, 1.807) is 48.5 Å². The van der Waals surface area contributed by atoms with Crippen LogP contribution in [0.25, 0.3) is 0 Å². The maximum atomic E-state index is 12.4. The molecule has 0 amide bonds. The van der Waals surface area contributed by atoms with Crippen LogP contribution in [0.3, 0.4) is 0 Å². The molecule has 0 unspecified atom stereocenters. The van der Waals surface area contributed by atoms with Crippen molar-refractivity contribution in [2.45, 2.75) is 12.1 Å². The third kappa shape index (κ3) is 1.93. The lowest BCUT2D eigenvalue weighted by molar-refractivity contribution is -0.508. The van der Waals surface area contributed by atoms with Gasteiger partial charge in [-0.3, -0.25) is 14.9 Å². The van der Waals surface area contributed by atoms with Gasteiger partial charge in [-0.2, -0.15) is 0 Å². The van der Waals surface area contributed by atoms with Gasteiger partial charge in [0.25, 0.3) is 6.04 Å². The van der Waals surface area contributed by atoms with Gasteiger partial charge in [0.2, 0.25) is 5.78 Å². The van der Waals surface area contributed by atoms with E-state index in [0.29, 0.717) is 11.3 Å². The van der Waals surface area contributed by atoms with Gasteiger partial charge in [-0.1, -0.05) is 42.5 Å². The second-order valence-corrected chi connectivity index (χ2v) is 4.67. The van der Waals surface area contributed by atoms with Gasteiger partial charge in [0.1, 0.15) is 6.04 Å². The summed E-state index contributed by atoms with van der Waals surface area (Å²) in [5.41, 5.74) is 1.75. The van der Waals surface area contributed by atoms with Gasteiger partial charge < -0.3 is 5.32 Å². The normalized spacial score (nSPS) is 20.9. The standard InChI is InChI=1S/C15H12N2O3/c18-15-11-8-4-5-9-12(11)16-13(14(15)17(19)20)10-6-2-1-3-7-10/h1-9,13-14,16H/t13-,14-/m0/s1. The Bertz CT molecular complexity index is 670. The summed E-state index contributed by atoms with van der Waals surface area (Å²) < 4.78 is 0. The molecule has 0 spiro atoms. The van der Waals surface area contributed by atoms with Gasteiger partial charge in [0.05, 0.1) is 0 Å². The lowest BCUT2D eigenvalue weighted by Gasteiger charge is -2.28. The van der Waals surface area contributed by atoms with Crippen LogP contribution >= 0.6 is 0 Å². The molecular formula is C15H12N2O3. The van der Waals surface area contributed by atoms with Gasteiger partial charge in [0.15, 0.2) is 0 Å². The number of ketones is 1. The number of hydrogen-bond donors (Lipinski definition) is 1. The summed E-state index contributed by atoms with van der Waals surface area (Å²) in [7, 11) is 0. The van der Waals surface area contributed by atoms with Gasteiger partial charge in [0, 0.05) is 16.2 Å². The molecule has 0 bridgehead atoms. The van der Waals surface area contributed by atoms with Crippen LogP contribution in [0.2, 0.25) is 0 Å². The Morgan fingerprint density at radius 3 is 2.35 bits per heavy atom. The van der Waals surface area contributed by atoms with Crippen LogP contribution in [0, 0.1) is 10.1 Å². The van der Waals surface area contributed by atoms with E-state index in [4.69, 9.17) is 0 Å². The molecule has 100 valence electrons. The number of anilines is 1. The van der Waals surface area contributed by atoms with Crippen LogP contribution in [0.5, 0.6) is 0 Å². The summed E-state index contributed by atoms with van der Waals surface area (Å²) in [4.78, 5) is 23.2. The fraction of sp³-hybridized carbons (Fsp3) is 0.133. The van der Waals surface area contributed by atoms with Crippen molar-refractivity contribution in [2.24, 2.45) is 0 Å². The number of rotatable bonds is 2. The first kappa shape index (κ1) is 12.3. The minimum atomic E-state index is -1.30. The highest BCUT2D eigenvalue weighted by atomic mass is 16.6. The SMILES string of the molecule is O=C1c2ccccc2N[C@@H](c2ccccc2)[C@@H]1[N+](=O)[O-]. The number of fused-ring (bicyclic) bond motifs is 1. The fourth-order valence-electron chi connectivity index (χ4n) is 2.52. The highest BCUT2D eigenvalue weighted by Crippen LogP contribution is 2.33. The molecular weight excluding hydrogens is 256 g/mol. The summed E-state index contributed by atoms with van der Waals surface area (Å²) in [5.74, 6) is -0.446. The van der Waals surface area contributed by atoms with Crippen molar-refractivity contribution in [1.29, 1.82) is 0 Å². The maximum absolute atomic E-state index is 12.4. The number of Topliss-reactive ketones (excluding diaryl/α,β-unsaturated/α-hetero) is 1. The van der Waals surface area contributed by atoms with Crippen LogP contribution in [0.1, 0.15) is 22.0 Å². The van der Waals surface area contributed by atoms with E-state index in [-0.39, 0.29) is 0 Å². The van der Waals surface area contributed by atoms with Crippen molar-refractivity contribution in [1.82, 2.24) is 0 Å². The number of benzene rings is 2. The van der Waals surface area contributed by atoms with E-state index in [0.717, 1.165) is 5.56 Å². The number of hydrogen-bond acceptors (Lipinski definition) is 4. The second-order valence-electron chi connectivity index (χ2n) is 4.67. The summed E-state index contributed by atoms with van der Waals surface area (Å²) >= 11 is 0. The Morgan fingerprint density at radius 2 is 1.65 bits per heavy atom. The van der Waals surface area contributed by atoms with E-state index >= 15 is 0 Å². The minimum Gasteiger partial charge on any atom is -0.371 e. The van der Waals surface area contributed by atoms with E-state index in [9.17, 15) is 14.9 Å². The molecule has 5 heteroatoms. The van der Waals surface area contributed by atoms with Crippen LogP contribution in [0.15, 0.2) is 54.6 Å². The topological polar surface area (TPSA) is 72.2 Å². The molecule has 0 radical (unpaired) electrons. The van der Waals surface area contributed by atoms with Crippen molar-refractivity contribution >= 4 is 11.5 Å². The van der Waals surface area contributed by atoms with Crippen LogP contribution in [-0.4, -0.2) is 16.7 Å². The largest absolute Gasteiger partial charge is 0.371 e. The van der Waals surface area contributed by atoms with Crippen molar-refractivity contribution < 1.29 is 9.72 Å². The Labute approximate surface area is 115 Å². The Balaban J connectivity index is 2.11. The number of carbonyl (C=O) groups excluding carboxylic acids is 1. The zero-order chi connectivity index (χ0) is 14.1. The summed E-state index contributed by atoms with van der Waals surface area (Å²) in [6.07, 6.45) is 0. The minimum absolute atomic E-state index is 0.376. The van der Waals surface area contributed by atoms with Crippen LogP contribution < -0.4 is 5.32 Å². The third-order valence-electron chi connectivity index (χ3n) is 3.47. The summed E-state index contributed by atoms with van der Waals surface area (Å²) in [6.45, 7) is 0. The smallest absolute Gasteiger partial charge is 0.298 e. The molecule has 0 saturated heterocycles. The van der Waals surface area contributed by atoms with E-state index in [1.807, 2.05) is 6.07 Å². The maximum Gasteiger partial charge on any atom is 0.298 e. The average molecular weight is 268 g/mol. The lowest BCUT2D eigenvalue weighted by Crippen LogP contribution is -2.43. The summed E-state index contributed by atoms with van der Waals surface area (Å²) in [5, 5.41) is 14.4. The number of nitrogens with one attached hydrogen (secondary N) is 1. The molecule has 20 heavy (non-hydrogen) atoms. The molecule has 0 aliphatic carbocycles. The van der Waals surface area contributed by atoms with Crippen molar-refractivity contribution in [2.75, 3.05) is 5.32 Å². The first-order chi connectivity index (χ1) is 9.68. The number of carbonyl (C=O) groups is 1. The molecule has 1 heterocycles. The predicted molar refractivity (Wildman–Crippen MR) is 74.4 cm³/mol. The molecule has 2 aromatic carbocycles. The zero-order valence-electron chi connectivity index (χ0n) is 10.5. The summed E-state index contributed by atoms with van der Waals surface area (Å²) in [6, 6.07) is 14.0. The Hall–Kier alpha value is -2.69. The predicted octanol–water partition coefficient (Wildman–Crippen LogP) is 2.68. The van der Waals surface area contributed by atoms with Crippen molar-refractivity contribution in [3.63, 3.8) is 0 Å². The monoisotopic (exact) mass is 268 g/mol. The quantitative estimate of drug-likeness (QED) is 0.671. The van der Waals surface area contributed by atoms with E-state index in [1.165, 1.54) is 0 Å². The number of nitrogens with zero attached hydrogens (tertiary/aromatic N) is 1. The van der Waals surface area contributed by atoms with Gasteiger partial charge >= 0.3 is 0 Å². The molecule has 0 aromatic heterocycles. The lowest BCUT2D eigenvalue weighted by atomic mass is 9.88. The van der Waals surface area contributed by atoms with Crippen LogP contribution in [-0.2, 0) is 0 Å². The zero-order valence-corrected chi connectivity index (χ0v) is 10.5.